The number of rotatable bonds is 7. The molecule has 0 saturated carbocycles. The molecule has 0 aliphatic rings. The highest BCUT2D eigenvalue weighted by atomic mass is 32.1. The molecule has 0 radical (unpaired) electrons. The smallest absolute Gasteiger partial charge is 0.263 e. The van der Waals surface area contributed by atoms with Crippen molar-refractivity contribution in [3.05, 3.63) is 41.0 Å². The molecule has 0 fully saturated rings. The lowest BCUT2D eigenvalue weighted by atomic mass is 10.2. The van der Waals surface area contributed by atoms with E-state index in [-0.39, 0.29) is 5.91 Å². The summed E-state index contributed by atoms with van der Waals surface area (Å²) in [5.41, 5.74) is 2.79. The number of carbonyl (C=O) groups excluding carboxylic acids is 1. The Morgan fingerprint density at radius 2 is 2.04 bits per heavy atom. The minimum atomic E-state index is -0.0601. The van der Waals surface area contributed by atoms with Gasteiger partial charge in [0.2, 0.25) is 0 Å². The van der Waals surface area contributed by atoms with Crippen LogP contribution in [0.1, 0.15) is 21.8 Å². The molecule has 0 spiro atoms. The highest BCUT2D eigenvalue weighted by Crippen LogP contribution is 2.28. The number of hydrogen-bond acceptors (Lipinski definition) is 5. The average molecular weight is 359 g/mol. The first kappa shape index (κ1) is 17.4. The van der Waals surface area contributed by atoms with Crippen LogP contribution in [0.5, 0.6) is 5.75 Å². The van der Waals surface area contributed by atoms with Crippen molar-refractivity contribution in [3.8, 4) is 17.0 Å². The van der Waals surface area contributed by atoms with E-state index in [0.29, 0.717) is 18.0 Å². The van der Waals surface area contributed by atoms with Crippen LogP contribution < -0.4 is 10.1 Å². The van der Waals surface area contributed by atoms with Crippen LogP contribution >= 0.6 is 11.3 Å². The van der Waals surface area contributed by atoms with Gasteiger partial charge in [-0.25, -0.2) is 4.98 Å². The number of methoxy groups -OCH3 is 2. The molecule has 0 atom stereocenters. The molecule has 7 heteroatoms. The summed E-state index contributed by atoms with van der Waals surface area (Å²) in [7, 11) is 3.30. The van der Waals surface area contributed by atoms with E-state index in [1.54, 1.807) is 14.2 Å². The number of fused-ring (bicyclic) bond motifs is 1. The van der Waals surface area contributed by atoms with Crippen molar-refractivity contribution in [2.24, 2.45) is 0 Å². The van der Waals surface area contributed by atoms with Crippen LogP contribution in [-0.4, -0.2) is 42.7 Å². The van der Waals surface area contributed by atoms with Gasteiger partial charge in [-0.15, -0.1) is 0 Å². The van der Waals surface area contributed by atoms with Crippen LogP contribution in [0.25, 0.3) is 16.2 Å². The topological polar surface area (TPSA) is 64.9 Å². The first-order valence-corrected chi connectivity index (χ1v) is 8.85. The van der Waals surface area contributed by atoms with Crippen molar-refractivity contribution in [2.75, 3.05) is 27.4 Å². The number of hydrogen-bond donors (Lipinski definition) is 1. The maximum absolute atomic E-state index is 12.3. The van der Waals surface area contributed by atoms with E-state index in [1.807, 2.05) is 41.8 Å². The van der Waals surface area contributed by atoms with Crippen LogP contribution in [-0.2, 0) is 4.74 Å². The molecule has 0 saturated heterocycles. The second kappa shape index (κ2) is 7.67. The van der Waals surface area contributed by atoms with Gasteiger partial charge in [-0.05, 0) is 37.6 Å². The highest BCUT2D eigenvalue weighted by Gasteiger charge is 2.17. The normalized spacial score (nSPS) is 11.0. The minimum absolute atomic E-state index is 0.0601. The molecule has 25 heavy (non-hydrogen) atoms. The molecule has 0 aliphatic carbocycles. The zero-order valence-electron chi connectivity index (χ0n) is 14.5. The molecule has 1 amide bonds. The fourth-order valence-corrected chi connectivity index (χ4v) is 3.59. The van der Waals surface area contributed by atoms with Crippen molar-refractivity contribution >= 4 is 22.2 Å². The zero-order valence-corrected chi connectivity index (χ0v) is 15.4. The number of imidazole rings is 1. The fourth-order valence-electron chi connectivity index (χ4n) is 2.56. The van der Waals surface area contributed by atoms with Gasteiger partial charge in [-0.1, -0.05) is 11.3 Å². The van der Waals surface area contributed by atoms with Crippen LogP contribution in [0.4, 0.5) is 0 Å². The van der Waals surface area contributed by atoms with E-state index in [1.165, 1.54) is 11.3 Å². The summed E-state index contributed by atoms with van der Waals surface area (Å²) in [5, 5.41) is 2.92. The Hall–Kier alpha value is -2.38. The van der Waals surface area contributed by atoms with Gasteiger partial charge >= 0.3 is 0 Å². The number of nitrogens with one attached hydrogen (secondary N) is 1. The van der Waals surface area contributed by atoms with Gasteiger partial charge in [0.15, 0.2) is 4.96 Å². The van der Waals surface area contributed by atoms with Gasteiger partial charge in [0.05, 0.1) is 12.8 Å². The van der Waals surface area contributed by atoms with Gasteiger partial charge in [0.25, 0.3) is 5.91 Å². The lowest BCUT2D eigenvalue weighted by Gasteiger charge is -2.04. The summed E-state index contributed by atoms with van der Waals surface area (Å²) >= 11 is 1.40. The van der Waals surface area contributed by atoms with Crippen molar-refractivity contribution in [1.29, 1.82) is 0 Å². The second-order valence-corrected chi connectivity index (χ2v) is 6.60. The molecule has 3 aromatic rings. The quantitative estimate of drug-likeness (QED) is 0.658. The third-order valence-electron chi connectivity index (χ3n) is 3.96. The van der Waals surface area contributed by atoms with Crippen LogP contribution in [0.2, 0.25) is 0 Å². The highest BCUT2D eigenvalue weighted by molar-refractivity contribution is 7.19. The van der Waals surface area contributed by atoms with Crippen LogP contribution in [0.3, 0.4) is 0 Å². The van der Waals surface area contributed by atoms with Gasteiger partial charge in [0.1, 0.15) is 10.6 Å². The van der Waals surface area contributed by atoms with Crippen molar-refractivity contribution in [3.63, 3.8) is 0 Å². The largest absolute Gasteiger partial charge is 0.497 e. The summed E-state index contributed by atoms with van der Waals surface area (Å²) < 4.78 is 12.1. The summed E-state index contributed by atoms with van der Waals surface area (Å²) in [6, 6.07) is 7.77. The molecular weight excluding hydrogens is 338 g/mol. The van der Waals surface area contributed by atoms with Crippen molar-refractivity contribution < 1.29 is 14.3 Å². The molecule has 1 aromatic carbocycles. The molecule has 132 valence electrons. The number of aryl methyl sites for hydroxylation is 1. The summed E-state index contributed by atoms with van der Waals surface area (Å²) in [6.07, 6.45) is 2.76. The second-order valence-electron chi connectivity index (χ2n) is 5.63. The number of thiazole rings is 1. The van der Waals surface area contributed by atoms with Gasteiger partial charge in [0, 0.05) is 37.7 Å². The first-order chi connectivity index (χ1) is 12.1. The van der Waals surface area contributed by atoms with E-state index in [0.717, 1.165) is 34.1 Å². The fraction of sp³-hybridized carbons (Fsp3) is 0.333. The van der Waals surface area contributed by atoms with Crippen molar-refractivity contribution in [2.45, 2.75) is 13.3 Å². The third-order valence-corrected chi connectivity index (χ3v) is 5.12. The predicted octanol–water partition coefficient (Wildman–Crippen LogP) is 3.15. The molecule has 0 unspecified atom stereocenters. The minimum Gasteiger partial charge on any atom is -0.497 e. The van der Waals surface area contributed by atoms with Crippen LogP contribution in [0, 0.1) is 6.92 Å². The number of nitrogens with zero attached hydrogens (tertiary/aromatic N) is 2. The number of benzene rings is 1. The SMILES string of the molecule is COCCCNC(=O)c1sc2nc(-c3ccc(OC)cc3)cn2c1C. The molecule has 3 rings (SSSR count). The lowest BCUT2D eigenvalue weighted by molar-refractivity contribution is 0.0951. The first-order valence-electron chi connectivity index (χ1n) is 8.04. The van der Waals surface area contributed by atoms with Gasteiger partial charge in [-0.3, -0.25) is 9.20 Å². The Balaban J connectivity index is 1.79. The summed E-state index contributed by atoms with van der Waals surface area (Å²) in [4.78, 5) is 18.5. The van der Waals surface area contributed by atoms with E-state index in [4.69, 9.17) is 9.47 Å². The van der Waals surface area contributed by atoms with E-state index >= 15 is 0 Å². The Kier molecular flexibility index (Phi) is 5.35. The monoisotopic (exact) mass is 359 g/mol. The number of carbonyl (C=O) groups is 1. The average Bonchev–Trinajstić information content (AvgIpc) is 3.18. The number of amides is 1. The van der Waals surface area contributed by atoms with Crippen LogP contribution in [0.15, 0.2) is 30.5 Å². The Morgan fingerprint density at radius 1 is 1.28 bits per heavy atom. The van der Waals surface area contributed by atoms with Gasteiger partial charge < -0.3 is 14.8 Å². The van der Waals surface area contributed by atoms with Gasteiger partial charge in [-0.2, -0.15) is 0 Å². The Labute approximate surface area is 150 Å². The Bertz CT molecular complexity index is 868. The Morgan fingerprint density at radius 3 is 2.68 bits per heavy atom. The summed E-state index contributed by atoms with van der Waals surface area (Å²) in [6.45, 7) is 3.18. The molecule has 2 heterocycles. The molecule has 0 aliphatic heterocycles. The zero-order chi connectivity index (χ0) is 17.8. The molecule has 6 nitrogen and oxygen atoms in total. The standard InChI is InChI=1S/C18H21N3O3S/c1-12-16(17(22)19-9-4-10-23-2)25-18-20-15(11-21(12)18)13-5-7-14(24-3)8-6-13/h5-8,11H,4,9-10H2,1-3H3,(H,19,22). The maximum atomic E-state index is 12.3. The lowest BCUT2D eigenvalue weighted by Crippen LogP contribution is -2.25. The number of aromatic nitrogens is 2. The third kappa shape index (κ3) is 3.67. The van der Waals surface area contributed by atoms with E-state index < -0.39 is 0 Å². The predicted molar refractivity (Wildman–Crippen MR) is 98.6 cm³/mol. The molecule has 2 aromatic heterocycles. The van der Waals surface area contributed by atoms with Crippen molar-refractivity contribution in [1.82, 2.24) is 14.7 Å². The molecule has 0 bridgehead atoms. The molecular formula is C18H21N3O3S. The van der Waals surface area contributed by atoms with E-state index in [9.17, 15) is 4.79 Å². The molecule has 1 N–H and O–H groups in total. The maximum Gasteiger partial charge on any atom is 0.263 e. The summed E-state index contributed by atoms with van der Waals surface area (Å²) in [5.74, 6) is 0.753. The van der Waals surface area contributed by atoms with E-state index in [2.05, 4.69) is 10.3 Å². The number of ether oxygens (including phenoxy) is 2.